The third kappa shape index (κ3) is 6.69. The second-order valence-electron chi connectivity index (χ2n) is 9.95. The van der Waals surface area contributed by atoms with Crippen LogP contribution in [-0.4, -0.2) is 77.8 Å². The van der Waals surface area contributed by atoms with E-state index in [4.69, 9.17) is 4.52 Å². The molecule has 1 aliphatic heterocycles. The predicted octanol–water partition coefficient (Wildman–Crippen LogP) is 2.73. The van der Waals surface area contributed by atoms with Crippen molar-refractivity contribution in [3.8, 4) is 11.4 Å². The van der Waals surface area contributed by atoms with Crippen LogP contribution in [-0.2, 0) is 9.59 Å². The van der Waals surface area contributed by atoms with E-state index < -0.39 is 0 Å². The third-order valence-electron chi connectivity index (χ3n) is 6.56. The lowest BCUT2D eigenvalue weighted by Gasteiger charge is -2.32. The van der Waals surface area contributed by atoms with Gasteiger partial charge in [-0.05, 0) is 36.1 Å². The summed E-state index contributed by atoms with van der Waals surface area (Å²) >= 11 is 0. The molecule has 10 heteroatoms. The van der Waals surface area contributed by atoms with Crippen molar-refractivity contribution in [1.82, 2.24) is 30.8 Å². The van der Waals surface area contributed by atoms with Crippen molar-refractivity contribution in [2.75, 3.05) is 44.7 Å². The Morgan fingerprint density at radius 3 is 2.68 bits per heavy atom. The van der Waals surface area contributed by atoms with Gasteiger partial charge in [-0.3, -0.25) is 19.6 Å². The zero-order valence-electron chi connectivity index (χ0n) is 22.8. The first-order chi connectivity index (χ1) is 18.2. The molecule has 0 saturated carbocycles. The van der Waals surface area contributed by atoms with Crippen molar-refractivity contribution in [3.05, 3.63) is 65.2 Å². The van der Waals surface area contributed by atoms with Gasteiger partial charge < -0.3 is 20.1 Å². The van der Waals surface area contributed by atoms with Crippen molar-refractivity contribution < 1.29 is 14.1 Å². The highest BCUT2D eigenvalue weighted by Crippen LogP contribution is 2.29. The largest absolute Gasteiger partial charge is 0.353 e. The molecule has 38 heavy (non-hydrogen) atoms. The molecule has 2 aliphatic rings. The van der Waals surface area contributed by atoms with E-state index in [2.05, 4.69) is 52.8 Å². The number of amides is 2. The zero-order chi connectivity index (χ0) is 27.2. The first-order valence-corrected chi connectivity index (χ1v) is 13.0. The predicted molar refractivity (Wildman–Crippen MR) is 147 cm³/mol. The standard InChI is InChI=1S/C28H37N7O3/c1-19(2)29-12-13-30-26(36)17-34(25-14-22(11-10-20(25)3)28-31-21(4)38-32-28)18-27(37)33(5)35-15-23-8-6-7-9-24(23)16-35/h6-8,10-11,14,16,19,29H,9,12-13,15,17-18H2,1-5H3,(H,30,36). The average Bonchev–Trinajstić information content (AvgIpc) is 3.52. The molecule has 2 amide bonds. The van der Waals surface area contributed by atoms with E-state index in [-0.39, 0.29) is 24.9 Å². The molecule has 2 N–H and O–H groups in total. The van der Waals surface area contributed by atoms with Crippen molar-refractivity contribution in [3.63, 3.8) is 0 Å². The highest BCUT2D eigenvalue weighted by Gasteiger charge is 2.26. The molecule has 10 nitrogen and oxygen atoms in total. The molecule has 0 radical (unpaired) electrons. The van der Waals surface area contributed by atoms with E-state index in [0.29, 0.717) is 37.4 Å². The number of fused-ring (bicyclic) bond motifs is 1. The van der Waals surface area contributed by atoms with Gasteiger partial charge in [-0.2, -0.15) is 4.98 Å². The molecule has 0 atom stereocenters. The minimum absolute atomic E-state index is 0.0285. The number of allylic oxidation sites excluding steroid dienone is 3. The van der Waals surface area contributed by atoms with Gasteiger partial charge in [0, 0.05) is 50.6 Å². The number of hydrazine groups is 1. The van der Waals surface area contributed by atoms with E-state index >= 15 is 0 Å². The summed E-state index contributed by atoms with van der Waals surface area (Å²) in [4.78, 5) is 32.6. The molecule has 2 heterocycles. The average molecular weight is 520 g/mol. The first-order valence-electron chi connectivity index (χ1n) is 13.0. The van der Waals surface area contributed by atoms with Gasteiger partial charge in [-0.25, -0.2) is 0 Å². The molecule has 2 aromatic rings. The number of rotatable bonds is 11. The Hall–Kier alpha value is -3.92. The quantitative estimate of drug-likeness (QED) is 0.437. The van der Waals surface area contributed by atoms with E-state index in [9.17, 15) is 9.59 Å². The summed E-state index contributed by atoms with van der Waals surface area (Å²) in [7, 11) is 1.77. The Balaban J connectivity index is 1.52. The Bertz CT molecular complexity index is 1260. The van der Waals surface area contributed by atoms with E-state index in [1.54, 1.807) is 19.0 Å². The molecule has 0 bridgehead atoms. The van der Waals surface area contributed by atoms with E-state index in [0.717, 1.165) is 23.2 Å². The SMILES string of the molecule is Cc1nc(-c2ccc(C)c(N(CC(=O)NCCNC(C)C)CC(=O)N(C)N3C=C4CC=CC=C4C3)c2)no1. The van der Waals surface area contributed by atoms with Crippen LogP contribution < -0.4 is 15.5 Å². The van der Waals surface area contributed by atoms with Crippen molar-refractivity contribution in [2.24, 2.45) is 0 Å². The van der Waals surface area contributed by atoms with Gasteiger partial charge in [0.15, 0.2) is 0 Å². The van der Waals surface area contributed by atoms with Crippen LogP contribution in [0.15, 0.2) is 58.3 Å². The van der Waals surface area contributed by atoms with Gasteiger partial charge in [0.05, 0.1) is 19.6 Å². The maximum absolute atomic E-state index is 13.5. The Kier molecular flexibility index (Phi) is 8.62. The van der Waals surface area contributed by atoms with Gasteiger partial charge in [0.2, 0.25) is 17.6 Å². The normalized spacial score (nSPS) is 14.3. The number of aryl methyl sites for hydroxylation is 2. The van der Waals surface area contributed by atoms with Crippen LogP contribution in [0.25, 0.3) is 11.4 Å². The fourth-order valence-electron chi connectivity index (χ4n) is 4.43. The molecule has 0 spiro atoms. The fourth-order valence-corrected chi connectivity index (χ4v) is 4.43. The van der Waals surface area contributed by atoms with Gasteiger partial charge in [0.25, 0.3) is 5.91 Å². The van der Waals surface area contributed by atoms with Gasteiger partial charge in [-0.1, -0.05) is 49.4 Å². The summed E-state index contributed by atoms with van der Waals surface area (Å²) in [6.45, 7) is 9.71. The number of nitrogens with zero attached hydrogens (tertiary/aromatic N) is 5. The number of hydrogen-bond donors (Lipinski definition) is 2. The number of carbonyl (C=O) groups is 2. The van der Waals surface area contributed by atoms with Gasteiger partial charge >= 0.3 is 0 Å². The molecule has 202 valence electrons. The smallest absolute Gasteiger partial charge is 0.260 e. The summed E-state index contributed by atoms with van der Waals surface area (Å²) in [5.74, 6) is 0.653. The maximum atomic E-state index is 13.5. The topological polar surface area (TPSA) is 107 Å². The maximum Gasteiger partial charge on any atom is 0.260 e. The van der Waals surface area contributed by atoms with E-state index in [1.807, 2.05) is 41.2 Å². The highest BCUT2D eigenvalue weighted by atomic mass is 16.5. The van der Waals surface area contributed by atoms with Gasteiger partial charge in [0.1, 0.15) is 0 Å². The summed E-state index contributed by atoms with van der Waals surface area (Å²) in [5, 5.41) is 13.8. The molecular weight excluding hydrogens is 482 g/mol. The second-order valence-corrected chi connectivity index (χ2v) is 9.95. The Labute approximate surface area is 224 Å². The van der Waals surface area contributed by atoms with Crippen LogP contribution in [0.5, 0.6) is 0 Å². The lowest BCUT2D eigenvalue weighted by atomic mass is 10.0. The zero-order valence-corrected chi connectivity index (χ0v) is 22.8. The summed E-state index contributed by atoms with van der Waals surface area (Å²) < 4.78 is 5.15. The summed E-state index contributed by atoms with van der Waals surface area (Å²) in [6.07, 6.45) is 9.14. The summed E-state index contributed by atoms with van der Waals surface area (Å²) in [5.41, 5.74) is 4.89. The second kappa shape index (κ2) is 12.1. The fraction of sp³-hybridized carbons (Fsp3) is 0.429. The molecule has 0 unspecified atom stereocenters. The number of benzene rings is 1. The van der Waals surface area contributed by atoms with Crippen LogP contribution in [0.4, 0.5) is 5.69 Å². The number of anilines is 1. The number of nitrogens with one attached hydrogen (secondary N) is 2. The first kappa shape index (κ1) is 27.1. The molecule has 1 aromatic carbocycles. The van der Waals surface area contributed by atoms with Gasteiger partial charge in [-0.15, -0.1) is 0 Å². The number of likely N-dealkylation sites (N-methyl/N-ethyl adjacent to an activating group) is 1. The van der Waals surface area contributed by atoms with Crippen molar-refractivity contribution in [2.45, 2.75) is 40.2 Å². The Morgan fingerprint density at radius 1 is 1.16 bits per heavy atom. The number of carbonyl (C=O) groups excluding carboxylic acids is 2. The molecule has 0 fully saturated rings. The number of hydrogen-bond acceptors (Lipinski definition) is 8. The van der Waals surface area contributed by atoms with Crippen LogP contribution in [0.2, 0.25) is 0 Å². The molecular formula is C28H37N7O3. The highest BCUT2D eigenvalue weighted by molar-refractivity contribution is 5.87. The molecule has 4 rings (SSSR count). The lowest BCUT2D eigenvalue weighted by Crippen LogP contribution is -2.48. The monoisotopic (exact) mass is 519 g/mol. The molecule has 1 aliphatic carbocycles. The van der Waals surface area contributed by atoms with Crippen molar-refractivity contribution >= 4 is 17.5 Å². The summed E-state index contributed by atoms with van der Waals surface area (Å²) in [6, 6.07) is 6.10. The van der Waals surface area contributed by atoms with Crippen LogP contribution >= 0.6 is 0 Å². The third-order valence-corrected chi connectivity index (χ3v) is 6.56. The minimum atomic E-state index is -0.156. The van der Waals surface area contributed by atoms with Crippen molar-refractivity contribution in [1.29, 1.82) is 0 Å². The van der Waals surface area contributed by atoms with Crippen LogP contribution in [0, 0.1) is 13.8 Å². The number of aromatic nitrogens is 2. The van der Waals surface area contributed by atoms with Crippen LogP contribution in [0.1, 0.15) is 31.7 Å². The Morgan fingerprint density at radius 2 is 1.97 bits per heavy atom. The lowest BCUT2D eigenvalue weighted by molar-refractivity contribution is -0.139. The van der Waals surface area contributed by atoms with E-state index in [1.165, 1.54) is 11.1 Å². The molecule has 0 saturated heterocycles. The molecule has 1 aromatic heterocycles. The minimum Gasteiger partial charge on any atom is -0.353 e. The van der Waals surface area contributed by atoms with Crippen LogP contribution in [0.3, 0.4) is 0 Å².